The molecule has 0 bridgehead atoms. The van der Waals surface area contributed by atoms with Gasteiger partial charge in [-0.2, -0.15) is 5.26 Å². The van der Waals surface area contributed by atoms with E-state index in [0.29, 0.717) is 16.9 Å². The summed E-state index contributed by atoms with van der Waals surface area (Å²) in [5.74, 6) is -0.560. The number of ketones is 1. The van der Waals surface area contributed by atoms with Crippen LogP contribution >= 0.6 is 11.3 Å². The number of rotatable bonds is 8. The Balaban J connectivity index is 1.39. The third-order valence-electron chi connectivity index (χ3n) is 4.83. The van der Waals surface area contributed by atoms with Crippen LogP contribution in [0.5, 0.6) is 5.75 Å². The van der Waals surface area contributed by atoms with Crippen molar-refractivity contribution in [2.24, 2.45) is 0 Å². The van der Waals surface area contributed by atoms with Gasteiger partial charge in [-0.05, 0) is 55.3 Å². The molecule has 2 aromatic carbocycles. The molecule has 1 aromatic heterocycles. The molecule has 33 heavy (non-hydrogen) atoms. The van der Waals surface area contributed by atoms with E-state index in [1.165, 1.54) is 0 Å². The summed E-state index contributed by atoms with van der Waals surface area (Å²) in [7, 11) is 0. The molecule has 0 aliphatic heterocycles. The lowest BCUT2D eigenvalue weighted by molar-refractivity contribution is -0.130. The van der Waals surface area contributed by atoms with Crippen LogP contribution in [-0.4, -0.2) is 24.2 Å². The highest BCUT2D eigenvalue weighted by Crippen LogP contribution is 2.23. The number of hydrazine groups is 1. The van der Waals surface area contributed by atoms with Crippen LogP contribution in [0.1, 0.15) is 38.5 Å². The van der Waals surface area contributed by atoms with Crippen molar-refractivity contribution in [2.45, 2.75) is 26.7 Å². The Bertz CT molecular complexity index is 1190. The molecule has 0 unspecified atom stereocenters. The second-order valence-electron chi connectivity index (χ2n) is 7.35. The zero-order chi connectivity index (χ0) is 23.8. The van der Waals surface area contributed by atoms with Gasteiger partial charge in [0, 0.05) is 28.2 Å². The molecule has 168 valence electrons. The van der Waals surface area contributed by atoms with Gasteiger partial charge in [-0.25, -0.2) is 0 Å². The van der Waals surface area contributed by atoms with Crippen LogP contribution in [0.3, 0.4) is 0 Å². The summed E-state index contributed by atoms with van der Waals surface area (Å²) < 4.78 is 5.44. The number of hydrogen-bond donors (Lipinski definition) is 2. The van der Waals surface area contributed by atoms with Gasteiger partial charge in [-0.15, -0.1) is 11.3 Å². The van der Waals surface area contributed by atoms with Crippen LogP contribution in [-0.2, 0) is 9.59 Å². The number of ether oxygens (including phenoxy) is 1. The molecule has 0 aliphatic carbocycles. The number of carbonyl (C=O) groups excluding carboxylic acids is 3. The number of carbonyl (C=O) groups is 3. The van der Waals surface area contributed by atoms with Crippen LogP contribution in [0.15, 0.2) is 54.6 Å². The standard InChI is InChI=1S/C25H23N3O4S/c1-16-13-22(17(2)33-16)23(29)11-12-24(30)27-28-25(31)15-32-21-9-7-20(8-10-21)19-5-3-18(14-26)4-6-19/h3-10,13H,11-12,15H2,1-2H3,(H,27,30)(H,28,31). The van der Waals surface area contributed by atoms with Crippen LogP contribution in [0, 0.1) is 25.2 Å². The molecule has 3 aromatic rings. The van der Waals surface area contributed by atoms with Crippen molar-refractivity contribution < 1.29 is 19.1 Å². The maximum Gasteiger partial charge on any atom is 0.276 e. The van der Waals surface area contributed by atoms with Gasteiger partial charge in [0.2, 0.25) is 5.91 Å². The van der Waals surface area contributed by atoms with Gasteiger partial charge in [-0.1, -0.05) is 24.3 Å². The molecule has 0 aliphatic rings. The number of aryl methyl sites for hydroxylation is 2. The molecule has 1 heterocycles. The molecule has 2 amide bonds. The van der Waals surface area contributed by atoms with Gasteiger partial charge in [0.05, 0.1) is 11.6 Å². The summed E-state index contributed by atoms with van der Waals surface area (Å²) in [5, 5.41) is 8.87. The predicted molar refractivity (Wildman–Crippen MR) is 126 cm³/mol. The highest BCUT2D eigenvalue weighted by Gasteiger charge is 2.14. The molecular weight excluding hydrogens is 438 g/mol. The second kappa shape index (κ2) is 11.1. The van der Waals surface area contributed by atoms with E-state index in [1.54, 1.807) is 35.6 Å². The van der Waals surface area contributed by atoms with Crippen LogP contribution in [0.25, 0.3) is 11.1 Å². The number of nitrogens with one attached hydrogen (secondary N) is 2. The van der Waals surface area contributed by atoms with Crippen LogP contribution < -0.4 is 15.6 Å². The van der Waals surface area contributed by atoms with Crippen molar-refractivity contribution in [3.8, 4) is 22.9 Å². The van der Waals surface area contributed by atoms with Crippen LogP contribution in [0.4, 0.5) is 0 Å². The smallest absolute Gasteiger partial charge is 0.276 e. The largest absolute Gasteiger partial charge is 0.484 e. The summed E-state index contributed by atoms with van der Waals surface area (Å²) in [4.78, 5) is 38.1. The molecular formula is C25H23N3O4S. The Labute approximate surface area is 196 Å². The first-order valence-corrected chi connectivity index (χ1v) is 11.1. The lowest BCUT2D eigenvalue weighted by Gasteiger charge is -2.09. The van der Waals surface area contributed by atoms with Gasteiger partial charge in [-0.3, -0.25) is 25.2 Å². The van der Waals surface area contributed by atoms with Crippen molar-refractivity contribution >= 4 is 28.9 Å². The highest BCUT2D eigenvalue weighted by atomic mass is 32.1. The van der Waals surface area contributed by atoms with Gasteiger partial charge in [0.1, 0.15) is 5.75 Å². The minimum atomic E-state index is -0.518. The molecule has 0 fully saturated rings. The molecule has 8 heteroatoms. The van der Waals surface area contributed by atoms with Gasteiger partial charge in [0.25, 0.3) is 5.91 Å². The van der Waals surface area contributed by atoms with E-state index >= 15 is 0 Å². The number of benzene rings is 2. The Morgan fingerprint density at radius 2 is 1.52 bits per heavy atom. The first-order valence-electron chi connectivity index (χ1n) is 10.3. The molecule has 0 radical (unpaired) electrons. The molecule has 2 N–H and O–H groups in total. The molecule has 0 saturated heterocycles. The summed E-state index contributed by atoms with van der Waals surface area (Å²) >= 11 is 1.55. The summed E-state index contributed by atoms with van der Waals surface area (Å²) in [6.07, 6.45) is 0.0475. The molecule has 0 spiro atoms. The van der Waals surface area contributed by atoms with Crippen molar-refractivity contribution in [1.82, 2.24) is 10.9 Å². The Kier molecular flexibility index (Phi) is 7.95. The quantitative estimate of drug-likeness (QED) is 0.388. The number of thiophene rings is 1. The Morgan fingerprint density at radius 1 is 0.909 bits per heavy atom. The van der Waals surface area contributed by atoms with Gasteiger partial charge >= 0.3 is 0 Å². The highest BCUT2D eigenvalue weighted by molar-refractivity contribution is 7.12. The third-order valence-corrected chi connectivity index (χ3v) is 5.80. The fraction of sp³-hybridized carbons (Fsp3) is 0.200. The van der Waals surface area contributed by atoms with Crippen LogP contribution in [0.2, 0.25) is 0 Å². The van der Waals surface area contributed by atoms with E-state index in [2.05, 4.69) is 16.9 Å². The fourth-order valence-electron chi connectivity index (χ4n) is 3.14. The third kappa shape index (κ3) is 6.76. The summed E-state index contributed by atoms with van der Waals surface area (Å²) in [6, 6.07) is 18.3. The normalized spacial score (nSPS) is 10.2. The number of amides is 2. The number of hydrogen-bond acceptors (Lipinski definition) is 6. The fourth-order valence-corrected chi connectivity index (χ4v) is 4.08. The Hall–Kier alpha value is -3.96. The minimum Gasteiger partial charge on any atom is -0.484 e. The minimum absolute atomic E-state index is 0.0227. The maximum absolute atomic E-state index is 12.2. The second-order valence-corrected chi connectivity index (χ2v) is 8.81. The van der Waals surface area contributed by atoms with E-state index < -0.39 is 11.8 Å². The van der Waals surface area contributed by atoms with Crippen molar-refractivity contribution in [1.29, 1.82) is 5.26 Å². The average molecular weight is 462 g/mol. The first kappa shape index (κ1) is 23.7. The molecule has 3 rings (SSSR count). The maximum atomic E-state index is 12.2. The monoisotopic (exact) mass is 461 g/mol. The SMILES string of the molecule is Cc1cc(C(=O)CCC(=O)NNC(=O)COc2ccc(-c3ccc(C#N)cc3)cc2)c(C)s1. The lowest BCUT2D eigenvalue weighted by atomic mass is 10.0. The summed E-state index contributed by atoms with van der Waals surface area (Å²) in [6.45, 7) is 3.54. The zero-order valence-electron chi connectivity index (χ0n) is 18.3. The first-order chi connectivity index (χ1) is 15.9. The Morgan fingerprint density at radius 3 is 2.09 bits per heavy atom. The number of nitriles is 1. The molecule has 7 nitrogen and oxygen atoms in total. The predicted octanol–water partition coefficient (Wildman–Crippen LogP) is 4.09. The van der Waals surface area contributed by atoms with E-state index in [4.69, 9.17) is 10.00 Å². The topological polar surface area (TPSA) is 108 Å². The van der Waals surface area contributed by atoms with E-state index in [-0.39, 0.29) is 25.2 Å². The van der Waals surface area contributed by atoms with Crippen molar-refractivity contribution in [3.05, 3.63) is 75.5 Å². The summed E-state index contributed by atoms with van der Waals surface area (Å²) in [5.41, 5.74) is 7.73. The van der Waals surface area contributed by atoms with Crippen molar-refractivity contribution in [3.63, 3.8) is 0 Å². The molecule has 0 atom stereocenters. The van der Waals surface area contributed by atoms with Gasteiger partial charge < -0.3 is 4.74 Å². The number of nitrogens with zero attached hydrogens (tertiary/aromatic N) is 1. The van der Waals surface area contributed by atoms with Crippen molar-refractivity contribution in [2.75, 3.05) is 6.61 Å². The number of Topliss-reactive ketones (excluding diaryl/α,β-unsaturated/α-hetero) is 1. The van der Waals surface area contributed by atoms with E-state index in [9.17, 15) is 14.4 Å². The zero-order valence-corrected chi connectivity index (χ0v) is 19.1. The van der Waals surface area contributed by atoms with E-state index in [1.807, 2.05) is 44.2 Å². The van der Waals surface area contributed by atoms with E-state index in [0.717, 1.165) is 20.9 Å². The lowest BCUT2D eigenvalue weighted by Crippen LogP contribution is -2.43. The molecule has 0 saturated carbocycles. The average Bonchev–Trinajstić information content (AvgIpc) is 3.18. The van der Waals surface area contributed by atoms with Gasteiger partial charge in [0.15, 0.2) is 12.4 Å².